The summed E-state index contributed by atoms with van der Waals surface area (Å²) in [5, 5.41) is 5.36. The van der Waals surface area contributed by atoms with Crippen LogP contribution >= 0.6 is 34.8 Å². The Labute approximate surface area is 204 Å². The molecule has 2 saturated heterocycles. The molecule has 0 saturated carbocycles. The highest BCUT2D eigenvalue weighted by molar-refractivity contribution is 6.35. The molecule has 1 N–H and O–H groups in total. The average molecular weight is 497 g/mol. The molecule has 32 heavy (non-hydrogen) atoms. The van der Waals surface area contributed by atoms with Gasteiger partial charge in [0.2, 0.25) is 5.91 Å². The molecule has 0 spiro atoms. The molecular weight excluding hydrogens is 469 g/mol. The van der Waals surface area contributed by atoms with Gasteiger partial charge in [-0.1, -0.05) is 40.9 Å². The minimum absolute atomic E-state index is 0.0403. The van der Waals surface area contributed by atoms with Crippen LogP contribution < -0.4 is 10.2 Å². The molecule has 0 bridgehead atoms. The fraction of sp³-hybridized carbons (Fsp3) is 0.458. The Morgan fingerprint density at radius 3 is 2.41 bits per heavy atom. The van der Waals surface area contributed by atoms with Gasteiger partial charge in [0.15, 0.2) is 0 Å². The van der Waals surface area contributed by atoms with Crippen LogP contribution in [0.2, 0.25) is 15.1 Å². The van der Waals surface area contributed by atoms with Gasteiger partial charge in [-0.2, -0.15) is 0 Å². The van der Waals surface area contributed by atoms with Gasteiger partial charge >= 0.3 is 0 Å². The second-order valence-corrected chi connectivity index (χ2v) is 9.65. The van der Waals surface area contributed by atoms with E-state index in [0.29, 0.717) is 28.3 Å². The third-order valence-corrected chi connectivity index (χ3v) is 7.17. The number of rotatable bonds is 5. The Bertz CT molecular complexity index is 958. The molecular formula is C24H28Cl3N3O2. The van der Waals surface area contributed by atoms with Gasteiger partial charge in [-0.15, -0.1) is 0 Å². The lowest BCUT2D eigenvalue weighted by molar-refractivity contribution is -0.138. The zero-order valence-electron chi connectivity index (χ0n) is 18.1. The molecule has 0 radical (unpaired) electrons. The van der Waals surface area contributed by atoms with E-state index in [-0.39, 0.29) is 17.9 Å². The smallest absolute Gasteiger partial charge is 0.225 e. The van der Waals surface area contributed by atoms with Crippen molar-refractivity contribution in [1.82, 2.24) is 4.90 Å². The van der Waals surface area contributed by atoms with Gasteiger partial charge in [-0.05, 0) is 55.7 Å². The van der Waals surface area contributed by atoms with Gasteiger partial charge in [-0.25, -0.2) is 0 Å². The molecule has 2 aromatic carbocycles. The lowest BCUT2D eigenvalue weighted by atomic mass is 9.98. The van der Waals surface area contributed by atoms with E-state index in [9.17, 15) is 4.79 Å². The van der Waals surface area contributed by atoms with E-state index in [1.165, 1.54) is 0 Å². The zero-order valence-corrected chi connectivity index (χ0v) is 20.4. The largest absolute Gasteiger partial charge is 0.381 e. The Balaban J connectivity index is 1.40. The molecule has 5 nitrogen and oxygen atoms in total. The van der Waals surface area contributed by atoms with Crippen molar-refractivity contribution >= 4 is 52.1 Å². The third-order valence-electron chi connectivity index (χ3n) is 6.28. The van der Waals surface area contributed by atoms with Crippen LogP contribution in [0.5, 0.6) is 0 Å². The van der Waals surface area contributed by atoms with Crippen LogP contribution in [0.4, 0.5) is 11.4 Å². The van der Waals surface area contributed by atoms with Crippen LogP contribution in [0.1, 0.15) is 31.4 Å². The Kier molecular flexibility index (Phi) is 7.72. The molecule has 2 heterocycles. The molecule has 2 aliphatic heterocycles. The summed E-state index contributed by atoms with van der Waals surface area (Å²) >= 11 is 18.9. The van der Waals surface area contributed by atoms with Crippen LogP contribution in [-0.4, -0.2) is 50.2 Å². The normalized spacial score (nSPS) is 18.5. The van der Waals surface area contributed by atoms with Crippen LogP contribution in [0.3, 0.4) is 0 Å². The van der Waals surface area contributed by atoms with E-state index in [2.05, 4.69) is 16.3 Å². The van der Waals surface area contributed by atoms with Crippen LogP contribution in [-0.2, 0) is 9.53 Å². The highest BCUT2D eigenvalue weighted by atomic mass is 35.5. The Morgan fingerprint density at radius 2 is 1.72 bits per heavy atom. The monoisotopic (exact) mass is 495 g/mol. The number of carbonyl (C=O) groups excluding carboxylic acids is 1. The predicted octanol–water partition coefficient (Wildman–Crippen LogP) is 5.90. The van der Waals surface area contributed by atoms with Crippen molar-refractivity contribution in [1.29, 1.82) is 0 Å². The van der Waals surface area contributed by atoms with E-state index >= 15 is 0 Å². The molecule has 0 aliphatic carbocycles. The molecule has 0 aromatic heterocycles. The van der Waals surface area contributed by atoms with E-state index in [0.717, 1.165) is 56.0 Å². The van der Waals surface area contributed by atoms with Crippen molar-refractivity contribution < 1.29 is 9.53 Å². The standard InChI is InChI=1S/C24H28Cl3N3O2/c1-16(20-4-2-18(25)14-22(20)27)28-23-15-19(3-5-21(23)26)29-8-10-30(11-9-29)24(31)17-6-12-32-13-7-17/h2-5,14-17,28H,6-13H2,1H3. The fourth-order valence-electron chi connectivity index (χ4n) is 4.37. The van der Waals surface area contributed by atoms with Gasteiger partial charge in [0.1, 0.15) is 0 Å². The maximum absolute atomic E-state index is 12.8. The maximum Gasteiger partial charge on any atom is 0.225 e. The van der Waals surface area contributed by atoms with E-state index in [1.54, 1.807) is 6.07 Å². The summed E-state index contributed by atoms with van der Waals surface area (Å²) in [7, 11) is 0. The third kappa shape index (κ3) is 5.45. The molecule has 2 fully saturated rings. The summed E-state index contributed by atoms with van der Waals surface area (Å²) < 4.78 is 5.39. The fourth-order valence-corrected chi connectivity index (χ4v) is 5.12. The topological polar surface area (TPSA) is 44.8 Å². The number of nitrogens with zero attached hydrogens (tertiary/aromatic N) is 2. The number of amides is 1. The number of nitrogens with one attached hydrogen (secondary N) is 1. The summed E-state index contributed by atoms with van der Waals surface area (Å²) in [5.41, 5.74) is 2.89. The molecule has 2 aromatic rings. The first-order valence-corrected chi connectivity index (χ1v) is 12.2. The van der Waals surface area contributed by atoms with E-state index in [1.807, 2.05) is 36.1 Å². The lowest BCUT2D eigenvalue weighted by Gasteiger charge is -2.38. The number of halogens is 3. The average Bonchev–Trinajstić information content (AvgIpc) is 2.80. The molecule has 2 aliphatic rings. The summed E-state index contributed by atoms with van der Waals surface area (Å²) in [5.74, 6) is 0.392. The SMILES string of the molecule is CC(Nc1cc(N2CCN(C(=O)C3CCOCC3)CC2)ccc1Cl)c1ccc(Cl)cc1Cl. The second-order valence-electron chi connectivity index (χ2n) is 8.39. The molecule has 8 heteroatoms. The molecule has 1 unspecified atom stereocenters. The zero-order chi connectivity index (χ0) is 22.7. The van der Waals surface area contributed by atoms with Crippen LogP contribution in [0, 0.1) is 5.92 Å². The highest BCUT2D eigenvalue weighted by Gasteiger charge is 2.29. The molecule has 1 amide bonds. The second kappa shape index (κ2) is 10.5. The maximum atomic E-state index is 12.8. The minimum atomic E-state index is -0.0403. The molecule has 1 atom stereocenters. The van der Waals surface area contributed by atoms with Crippen molar-refractivity contribution in [3.63, 3.8) is 0 Å². The Morgan fingerprint density at radius 1 is 1.00 bits per heavy atom. The molecule has 4 rings (SSSR count). The van der Waals surface area contributed by atoms with Gasteiger partial charge in [0.25, 0.3) is 0 Å². The van der Waals surface area contributed by atoms with Gasteiger partial charge in [0, 0.05) is 61.0 Å². The summed E-state index contributed by atoms with van der Waals surface area (Å²) in [4.78, 5) is 17.1. The summed E-state index contributed by atoms with van der Waals surface area (Å²) in [6.45, 7) is 6.49. The van der Waals surface area contributed by atoms with Gasteiger partial charge in [-0.3, -0.25) is 4.79 Å². The molecule has 172 valence electrons. The quantitative estimate of drug-likeness (QED) is 0.560. The number of anilines is 2. The number of benzene rings is 2. The number of hydrogen-bond donors (Lipinski definition) is 1. The van der Waals surface area contributed by atoms with Gasteiger partial charge in [0.05, 0.1) is 16.8 Å². The first-order valence-electron chi connectivity index (χ1n) is 11.0. The minimum Gasteiger partial charge on any atom is -0.381 e. The van der Waals surface area contributed by atoms with Crippen LogP contribution in [0.25, 0.3) is 0 Å². The van der Waals surface area contributed by atoms with E-state index in [4.69, 9.17) is 39.5 Å². The summed E-state index contributed by atoms with van der Waals surface area (Å²) in [6.07, 6.45) is 1.67. The van der Waals surface area contributed by atoms with Crippen LogP contribution in [0.15, 0.2) is 36.4 Å². The van der Waals surface area contributed by atoms with E-state index < -0.39 is 0 Å². The highest BCUT2D eigenvalue weighted by Crippen LogP contribution is 2.33. The van der Waals surface area contributed by atoms with Crippen molar-refractivity contribution in [2.24, 2.45) is 5.92 Å². The summed E-state index contributed by atoms with van der Waals surface area (Å²) in [6, 6.07) is 11.5. The number of carbonyl (C=O) groups is 1. The predicted molar refractivity (Wildman–Crippen MR) is 132 cm³/mol. The number of ether oxygens (including phenoxy) is 1. The Hall–Kier alpha value is -1.66. The van der Waals surface area contributed by atoms with Crippen molar-refractivity contribution in [2.45, 2.75) is 25.8 Å². The number of hydrogen-bond acceptors (Lipinski definition) is 4. The first kappa shape index (κ1) is 23.5. The van der Waals surface area contributed by atoms with Crippen molar-refractivity contribution in [2.75, 3.05) is 49.6 Å². The van der Waals surface area contributed by atoms with Crippen molar-refractivity contribution in [3.8, 4) is 0 Å². The first-order chi connectivity index (χ1) is 15.4. The van der Waals surface area contributed by atoms with Crippen molar-refractivity contribution in [3.05, 3.63) is 57.0 Å². The number of piperazine rings is 1. The lowest BCUT2D eigenvalue weighted by Crippen LogP contribution is -2.51. The van der Waals surface area contributed by atoms with Gasteiger partial charge < -0.3 is 19.9 Å².